The van der Waals surface area contributed by atoms with E-state index in [1.54, 1.807) is 6.08 Å². The monoisotopic (exact) mass is 244 g/mol. The molecule has 1 fully saturated rings. The van der Waals surface area contributed by atoms with Gasteiger partial charge in [0.05, 0.1) is 0 Å². The number of carbonyl (C=O) groups excluding carboxylic acids is 1. The molecule has 0 bridgehead atoms. The minimum atomic E-state index is 0.0852. The van der Waals surface area contributed by atoms with Crippen LogP contribution in [0.3, 0.4) is 0 Å². The van der Waals surface area contributed by atoms with E-state index in [-0.39, 0.29) is 11.9 Å². The van der Waals surface area contributed by atoms with E-state index in [4.69, 9.17) is 5.73 Å². The Balaban J connectivity index is 1.91. The van der Waals surface area contributed by atoms with Crippen LogP contribution in [0.25, 0.3) is 6.08 Å². The smallest absolute Gasteiger partial charge is 0.246 e. The minimum absolute atomic E-state index is 0.0852. The van der Waals surface area contributed by atoms with Crippen molar-refractivity contribution in [2.75, 3.05) is 13.1 Å². The molecule has 1 saturated heterocycles. The first-order valence-electron chi connectivity index (χ1n) is 6.44. The zero-order valence-electron chi connectivity index (χ0n) is 10.8. The summed E-state index contributed by atoms with van der Waals surface area (Å²) in [6.45, 7) is 3.62. The van der Waals surface area contributed by atoms with Gasteiger partial charge in [-0.2, -0.15) is 0 Å². The molecule has 3 heteroatoms. The van der Waals surface area contributed by atoms with Crippen molar-refractivity contribution in [3.05, 3.63) is 42.0 Å². The van der Waals surface area contributed by atoms with Gasteiger partial charge in [-0.05, 0) is 30.9 Å². The van der Waals surface area contributed by atoms with Gasteiger partial charge in [0, 0.05) is 25.2 Å². The lowest BCUT2D eigenvalue weighted by Crippen LogP contribution is -2.32. The lowest BCUT2D eigenvalue weighted by atomic mass is 10.0. The molecule has 1 aromatic carbocycles. The van der Waals surface area contributed by atoms with Crippen LogP contribution in [0.5, 0.6) is 0 Å². The van der Waals surface area contributed by atoms with Crippen LogP contribution in [0.1, 0.15) is 18.9 Å². The van der Waals surface area contributed by atoms with Gasteiger partial charge in [0.1, 0.15) is 0 Å². The van der Waals surface area contributed by atoms with Crippen LogP contribution in [-0.4, -0.2) is 29.9 Å². The Labute approximate surface area is 108 Å². The van der Waals surface area contributed by atoms with Gasteiger partial charge in [-0.15, -0.1) is 0 Å². The van der Waals surface area contributed by atoms with Crippen molar-refractivity contribution in [2.24, 2.45) is 11.7 Å². The highest BCUT2D eigenvalue weighted by atomic mass is 16.2. The first-order valence-corrected chi connectivity index (χ1v) is 6.44. The lowest BCUT2D eigenvalue weighted by molar-refractivity contribution is -0.125. The maximum absolute atomic E-state index is 12.0. The van der Waals surface area contributed by atoms with Crippen LogP contribution in [0.4, 0.5) is 0 Å². The number of amides is 1. The quantitative estimate of drug-likeness (QED) is 0.825. The Bertz CT molecular complexity index is 425. The third-order valence-electron chi connectivity index (χ3n) is 3.50. The summed E-state index contributed by atoms with van der Waals surface area (Å²) in [7, 11) is 0. The van der Waals surface area contributed by atoms with Gasteiger partial charge in [0.25, 0.3) is 0 Å². The first kappa shape index (κ1) is 12.8. The normalized spacial score (nSPS) is 21.4. The maximum atomic E-state index is 12.0. The summed E-state index contributed by atoms with van der Waals surface area (Å²) in [4.78, 5) is 13.9. The molecule has 2 rings (SSSR count). The maximum Gasteiger partial charge on any atom is 0.246 e. The van der Waals surface area contributed by atoms with E-state index in [0.717, 1.165) is 25.1 Å². The summed E-state index contributed by atoms with van der Waals surface area (Å²) in [6, 6.07) is 10.0. The fourth-order valence-electron chi connectivity index (χ4n) is 2.25. The van der Waals surface area contributed by atoms with Gasteiger partial charge in [-0.3, -0.25) is 4.79 Å². The van der Waals surface area contributed by atoms with Crippen molar-refractivity contribution in [3.63, 3.8) is 0 Å². The number of rotatable bonds is 3. The SMILES string of the molecule is CC(N)C1CCN(C(=O)/C=C/c2ccccc2)C1. The summed E-state index contributed by atoms with van der Waals surface area (Å²) in [5, 5.41) is 0. The molecule has 1 heterocycles. The van der Waals surface area contributed by atoms with Gasteiger partial charge >= 0.3 is 0 Å². The summed E-state index contributed by atoms with van der Waals surface area (Å²) < 4.78 is 0. The van der Waals surface area contributed by atoms with Gasteiger partial charge < -0.3 is 10.6 Å². The molecule has 0 spiro atoms. The minimum Gasteiger partial charge on any atom is -0.339 e. The van der Waals surface area contributed by atoms with E-state index in [2.05, 4.69) is 0 Å². The van der Waals surface area contributed by atoms with Crippen LogP contribution in [0.2, 0.25) is 0 Å². The number of hydrogen-bond acceptors (Lipinski definition) is 2. The molecule has 2 unspecified atom stereocenters. The zero-order chi connectivity index (χ0) is 13.0. The highest BCUT2D eigenvalue weighted by molar-refractivity contribution is 5.91. The number of hydrogen-bond donors (Lipinski definition) is 1. The van der Waals surface area contributed by atoms with Crippen molar-refractivity contribution in [1.82, 2.24) is 4.90 Å². The molecule has 96 valence electrons. The Morgan fingerprint density at radius 1 is 1.44 bits per heavy atom. The average Bonchev–Trinajstić information content (AvgIpc) is 2.87. The zero-order valence-corrected chi connectivity index (χ0v) is 10.8. The molecule has 0 radical (unpaired) electrons. The van der Waals surface area contributed by atoms with Crippen molar-refractivity contribution in [3.8, 4) is 0 Å². The fraction of sp³-hybridized carbons (Fsp3) is 0.400. The number of nitrogens with zero attached hydrogens (tertiary/aromatic N) is 1. The van der Waals surface area contributed by atoms with Crippen molar-refractivity contribution < 1.29 is 4.79 Å². The van der Waals surface area contributed by atoms with Crippen molar-refractivity contribution in [2.45, 2.75) is 19.4 Å². The molecule has 0 aliphatic carbocycles. The molecule has 2 N–H and O–H groups in total. The molecule has 0 saturated carbocycles. The number of carbonyl (C=O) groups is 1. The van der Waals surface area contributed by atoms with E-state index in [9.17, 15) is 4.79 Å². The molecule has 1 aliphatic rings. The molecule has 1 aromatic rings. The van der Waals surface area contributed by atoms with Crippen LogP contribution in [0, 0.1) is 5.92 Å². The Morgan fingerprint density at radius 2 is 2.17 bits per heavy atom. The molecule has 2 atom stereocenters. The van der Waals surface area contributed by atoms with Crippen LogP contribution < -0.4 is 5.73 Å². The predicted molar refractivity (Wildman–Crippen MR) is 73.8 cm³/mol. The topological polar surface area (TPSA) is 46.3 Å². The molecule has 1 aliphatic heterocycles. The molecule has 1 amide bonds. The highest BCUT2D eigenvalue weighted by Gasteiger charge is 2.27. The Hall–Kier alpha value is -1.61. The first-order chi connectivity index (χ1) is 8.66. The third kappa shape index (κ3) is 3.20. The fourth-order valence-corrected chi connectivity index (χ4v) is 2.25. The van der Waals surface area contributed by atoms with Gasteiger partial charge in [-0.25, -0.2) is 0 Å². The van der Waals surface area contributed by atoms with Crippen LogP contribution in [0.15, 0.2) is 36.4 Å². The Kier molecular flexibility index (Phi) is 4.15. The number of benzene rings is 1. The largest absolute Gasteiger partial charge is 0.339 e. The molecular weight excluding hydrogens is 224 g/mol. The van der Waals surface area contributed by atoms with Gasteiger partial charge in [0.2, 0.25) is 5.91 Å². The second-order valence-corrected chi connectivity index (χ2v) is 4.94. The van der Waals surface area contributed by atoms with Crippen molar-refractivity contribution >= 4 is 12.0 Å². The van der Waals surface area contributed by atoms with E-state index >= 15 is 0 Å². The van der Waals surface area contributed by atoms with Crippen LogP contribution in [-0.2, 0) is 4.79 Å². The second-order valence-electron chi connectivity index (χ2n) is 4.94. The van der Waals surface area contributed by atoms with Crippen LogP contribution >= 0.6 is 0 Å². The lowest BCUT2D eigenvalue weighted by Gasteiger charge is -2.16. The molecule has 18 heavy (non-hydrogen) atoms. The summed E-state index contributed by atoms with van der Waals surface area (Å²) >= 11 is 0. The van der Waals surface area contributed by atoms with E-state index in [0.29, 0.717) is 5.92 Å². The van der Waals surface area contributed by atoms with Gasteiger partial charge in [-0.1, -0.05) is 30.3 Å². The molecular formula is C15H20N2O. The summed E-state index contributed by atoms with van der Waals surface area (Å²) in [5.74, 6) is 0.529. The Morgan fingerprint density at radius 3 is 2.78 bits per heavy atom. The average molecular weight is 244 g/mol. The summed E-state index contributed by atoms with van der Waals surface area (Å²) in [6.07, 6.45) is 4.53. The highest BCUT2D eigenvalue weighted by Crippen LogP contribution is 2.19. The number of nitrogens with two attached hydrogens (primary N) is 1. The van der Waals surface area contributed by atoms with Gasteiger partial charge in [0.15, 0.2) is 0 Å². The standard InChI is InChI=1S/C15H20N2O/c1-12(16)14-9-10-17(11-14)15(18)8-7-13-5-3-2-4-6-13/h2-8,12,14H,9-11,16H2,1H3/b8-7+. The second kappa shape index (κ2) is 5.83. The molecule has 3 nitrogen and oxygen atoms in total. The number of likely N-dealkylation sites (tertiary alicyclic amines) is 1. The third-order valence-corrected chi connectivity index (χ3v) is 3.50. The predicted octanol–water partition coefficient (Wildman–Crippen LogP) is 1.90. The summed E-state index contributed by atoms with van der Waals surface area (Å²) in [5.41, 5.74) is 6.92. The van der Waals surface area contributed by atoms with Crippen molar-refractivity contribution in [1.29, 1.82) is 0 Å². The molecule has 0 aromatic heterocycles. The van der Waals surface area contributed by atoms with E-state index in [1.807, 2.05) is 48.2 Å². The van der Waals surface area contributed by atoms with E-state index < -0.39 is 0 Å². The van der Waals surface area contributed by atoms with E-state index in [1.165, 1.54) is 0 Å².